The van der Waals surface area contributed by atoms with Crippen molar-refractivity contribution in [1.82, 2.24) is 4.98 Å². The van der Waals surface area contributed by atoms with Gasteiger partial charge in [-0.2, -0.15) is 0 Å². The molecule has 0 aliphatic rings. The van der Waals surface area contributed by atoms with Crippen LogP contribution in [0.4, 0.5) is 11.4 Å². The molecule has 7 heteroatoms. The van der Waals surface area contributed by atoms with Crippen molar-refractivity contribution in [2.75, 3.05) is 11.9 Å². The van der Waals surface area contributed by atoms with E-state index in [0.717, 1.165) is 0 Å². The van der Waals surface area contributed by atoms with Crippen LogP contribution >= 0.6 is 0 Å². The first-order valence-corrected chi connectivity index (χ1v) is 7.27. The predicted octanol–water partition coefficient (Wildman–Crippen LogP) is 2.92. The largest absolute Gasteiger partial charge is 0.461 e. The minimum Gasteiger partial charge on any atom is -0.461 e. The number of aromatic nitrogens is 1. The summed E-state index contributed by atoms with van der Waals surface area (Å²) in [7, 11) is 1.76. The average molecular weight is 317 g/mol. The second kappa shape index (κ2) is 6.60. The second-order valence-corrected chi connectivity index (χ2v) is 5.55. The van der Waals surface area contributed by atoms with E-state index in [2.05, 4.69) is 4.98 Å². The van der Waals surface area contributed by atoms with Gasteiger partial charge in [0, 0.05) is 36.6 Å². The molecule has 0 amide bonds. The number of ether oxygens (including phenoxy) is 1. The molecule has 122 valence electrons. The van der Waals surface area contributed by atoms with Crippen LogP contribution in [0.15, 0.2) is 30.6 Å². The van der Waals surface area contributed by atoms with Gasteiger partial charge >= 0.3 is 5.97 Å². The molecule has 0 aliphatic carbocycles. The summed E-state index contributed by atoms with van der Waals surface area (Å²) in [6, 6.07) is 4.25. The predicted molar refractivity (Wildman–Crippen MR) is 87.5 cm³/mol. The topological polar surface area (TPSA) is 85.6 Å². The van der Waals surface area contributed by atoms with Crippen LogP contribution in [-0.2, 0) is 9.53 Å². The fourth-order valence-electron chi connectivity index (χ4n) is 2.32. The van der Waals surface area contributed by atoms with Crippen LogP contribution in [0.1, 0.15) is 20.8 Å². The minimum atomic E-state index is -0.518. The van der Waals surface area contributed by atoms with Crippen molar-refractivity contribution in [3.8, 4) is 0 Å². The molecule has 2 aromatic rings. The van der Waals surface area contributed by atoms with E-state index in [-0.39, 0.29) is 17.8 Å². The van der Waals surface area contributed by atoms with Gasteiger partial charge in [-0.3, -0.25) is 15.1 Å². The fourth-order valence-corrected chi connectivity index (χ4v) is 2.32. The third kappa shape index (κ3) is 3.39. The molecule has 1 heterocycles. The fraction of sp³-hybridized carbons (Fsp3) is 0.375. The van der Waals surface area contributed by atoms with E-state index in [9.17, 15) is 14.9 Å². The number of carbonyl (C=O) groups excluding carboxylic acids is 1. The van der Waals surface area contributed by atoms with Gasteiger partial charge in [0.1, 0.15) is 6.04 Å². The molecule has 1 unspecified atom stereocenters. The van der Waals surface area contributed by atoms with Crippen LogP contribution in [0.25, 0.3) is 10.8 Å². The molecule has 1 aromatic carbocycles. The van der Waals surface area contributed by atoms with Crippen molar-refractivity contribution in [2.45, 2.75) is 32.9 Å². The molecule has 7 nitrogen and oxygen atoms in total. The highest BCUT2D eigenvalue weighted by atomic mass is 16.6. The SMILES string of the molecule is CC(C)OC(=O)C(C)N(C)c1ccc([N+](=O)[O-])c2cnccc12. The van der Waals surface area contributed by atoms with E-state index in [4.69, 9.17) is 4.74 Å². The van der Waals surface area contributed by atoms with Gasteiger partial charge in [-0.15, -0.1) is 0 Å². The molecule has 1 aromatic heterocycles. The Morgan fingerprint density at radius 1 is 1.26 bits per heavy atom. The zero-order chi connectivity index (χ0) is 17.1. The summed E-state index contributed by atoms with van der Waals surface area (Å²) in [5, 5.41) is 12.3. The van der Waals surface area contributed by atoms with E-state index in [1.54, 1.807) is 51.0 Å². The summed E-state index contributed by atoms with van der Waals surface area (Å²) < 4.78 is 5.23. The normalized spacial score (nSPS) is 12.2. The van der Waals surface area contributed by atoms with Gasteiger partial charge < -0.3 is 9.64 Å². The molecule has 0 spiro atoms. The molecule has 0 N–H and O–H groups in total. The number of hydrogen-bond donors (Lipinski definition) is 0. The van der Waals surface area contributed by atoms with E-state index >= 15 is 0 Å². The summed E-state index contributed by atoms with van der Waals surface area (Å²) >= 11 is 0. The number of likely N-dealkylation sites (N-methyl/N-ethyl adjacent to an activating group) is 1. The minimum absolute atomic E-state index is 0.0114. The van der Waals surface area contributed by atoms with Crippen molar-refractivity contribution in [3.63, 3.8) is 0 Å². The van der Waals surface area contributed by atoms with Crippen LogP contribution in [0.3, 0.4) is 0 Å². The highest BCUT2D eigenvalue weighted by Gasteiger charge is 2.24. The van der Waals surface area contributed by atoms with Gasteiger partial charge in [0.25, 0.3) is 5.69 Å². The smallest absolute Gasteiger partial charge is 0.328 e. The standard InChI is InChI=1S/C16H19N3O4/c1-10(2)23-16(20)11(3)18(4)14-5-6-15(19(21)22)13-9-17-8-7-12(13)14/h5-11H,1-4H3. The van der Waals surface area contributed by atoms with E-state index in [1.807, 2.05) is 0 Å². The monoisotopic (exact) mass is 317 g/mol. The molecule has 0 aliphatic heterocycles. The number of hydrogen-bond acceptors (Lipinski definition) is 6. The molecule has 23 heavy (non-hydrogen) atoms. The third-order valence-electron chi connectivity index (χ3n) is 3.62. The van der Waals surface area contributed by atoms with Gasteiger partial charge in [-0.05, 0) is 32.9 Å². The Morgan fingerprint density at radius 3 is 2.57 bits per heavy atom. The lowest BCUT2D eigenvalue weighted by molar-refractivity contribution is -0.383. The van der Waals surface area contributed by atoms with E-state index < -0.39 is 11.0 Å². The van der Waals surface area contributed by atoms with Crippen LogP contribution < -0.4 is 4.90 Å². The maximum atomic E-state index is 12.1. The zero-order valence-electron chi connectivity index (χ0n) is 13.5. The Bertz CT molecular complexity index is 745. The van der Waals surface area contributed by atoms with Crippen molar-refractivity contribution in [3.05, 3.63) is 40.7 Å². The lowest BCUT2D eigenvalue weighted by Gasteiger charge is -2.27. The molecule has 1 atom stereocenters. The Balaban J connectivity index is 2.46. The van der Waals surface area contributed by atoms with Crippen LogP contribution in [-0.4, -0.2) is 35.1 Å². The number of anilines is 1. The summed E-state index contributed by atoms with van der Waals surface area (Å²) in [5.41, 5.74) is 0.698. The lowest BCUT2D eigenvalue weighted by atomic mass is 10.1. The number of esters is 1. The first-order valence-electron chi connectivity index (χ1n) is 7.27. The van der Waals surface area contributed by atoms with Crippen molar-refractivity contribution < 1.29 is 14.5 Å². The Morgan fingerprint density at radius 2 is 1.96 bits per heavy atom. The average Bonchev–Trinajstić information content (AvgIpc) is 2.51. The van der Waals surface area contributed by atoms with Gasteiger partial charge in [0.2, 0.25) is 0 Å². The van der Waals surface area contributed by atoms with Gasteiger partial charge in [0.15, 0.2) is 0 Å². The van der Waals surface area contributed by atoms with Crippen LogP contribution in [0.5, 0.6) is 0 Å². The van der Waals surface area contributed by atoms with Crippen molar-refractivity contribution in [1.29, 1.82) is 0 Å². The molecule has 0 saturated heterocycles. The summed E-state index contributed by atoms with van der Waals surface area (Å²) in [5.74, 6) is -0.344. The van der Waals surface area contributed by atoms with E-state index in [0.29, 0.717) is 16.5 Å². The van der Waals surface area contributed by atoms with Gasteiger partial charge in [0.05, 0.1) is 16.4 Å². The third-order valence-corrected chi connectivity index (χ3v) is 3.62. The highest BCUT2D eigenvalue weighted by Crippen LogP contribution is 2.33. The van der Waals surface area contributed by atoms with Gasteiger partial charge in [-0.25, -0.2) is 4.79 Å². The molecule has 0 fully saturated rings. The van der Waals surface area contributed by atoms with Crippen molar-refractivity contribution >= 4 is 28.1 Å². The Hall–Kier alpha value is -2.70. The number of nitrogens with zero attached hydrogens (tertiary/aromatic N) is 3. The summed E-state index contributed by atoms with van der Waals surface area (Å²) in [6.45, 7) is 5.31. The van der Waals surface area contributed by atoms with Crippen molar-refractivity contribution in [2.24, 2.45) is 0 Å². The first-order chi connectivity index (χ1) is 10.8. The quantitative estimate of drug-likeness (QED) is 0.479. The zero-order valence-corrected chi connectivity index (χ0v) is 13.5. The number of nitro benzene ring substituents is 1. The highest BCUT2D eigenvalue weighted by molar-refractivity contribution is 6.00. The number of nitro groups is 1. The number of carbonyl (C=O) groups is 1. The Labute approximate surface area is 134 Å². The number of rotatable bonds is 5. The van der Waals surface area contributed by atoms with E-state index in [1.165, 1.54) is 12.3 Å². The molecule has 2 rings (SSSR count). The number of non-ortho nitro benzene ring substituents is 1. The Kier molecular flexibility index (Phi) is 4.78. The number of benzene rings is 1. The van der Waals surface area contributed by atoms with Crippen LogP contribution in [0.2, 0.25) is 0 Å². The maximum absolute atomic E-state index is 12.1. The molecular weight excluding hydrogens is 298 g/mol. The summed E-state index contributed by atoms with van der Waals surface area (Å²) in [4.78, 5) is 28.5. The first kappa shape index (κ1) is 16.7. The maximum Gasteiger partial charge on any atom is 0.328 e. The molecule has 0 saturated carbocycles. The summed E-state index contributed by atoms with van der Waals surface area (Å²) in [6.07, 6.45) is 2.83. The number of pyridine rings is 1. The molecule has 0 bridgehead atoms. The van der Waals surface area contributed by atoms with Gasteiger partial charge in [-0.1, -0.05) is 0 Å². The number of fused-ring (bicyclic) bond motifs is 1. The second-order valence-electron chi connectivity index (χ2n) is 5.55. The lowest BCUT2D eigenvalue weighted by Crippen LogP contribution is -2.38. The van der Waals surface area contributed by atoms with Crippen LogP contribution in [0, 0.1) is 10.1 Å². The molecule has 0 radical (unpaired) electrons. The molecular formula is C16H19N3O4.